The maximum atomic E-state index is 11.6. The zero-order chi connectivity index (χ0) is 13.1. The summed E-state index contributed by atoms with van der Waals surface area (Å²) < 4.78 is 5.16. The molecular formula is C12H24N2O3. The van der Waals surface area contributed by atoms with Crippen LogP contribution in [0.5, 0.6) is 0 Å². The summed E-state index contributed by atoms with van der Waals surface area (Å²) in [5.74, 6) is 0. The van der Waals surface area contributed by atoms with Crippen LogP contribution in [0.25, 0.3) is 0 Å². The third-order valence-corrected chi connectivity index (χ3v) is 2.86. The maximum absolute atomic E-state index is 11.6. The number of rotatable bonds is 1. The van der Waals surface area contributed by atoms with E-state index in [0.29, 0.717) is 0 Å². The molecule has 17 heavy (non-hydrogen) atoms. The van der Waals surface area contributed by atoms with Gasteiger partial charge in [0.2, 0.25) is 0 Å². The Bertz CT molecular complexity index is 263. The van der Waals surface area contributed by atoms with Crippen LogP contribution in [0.2, 0.25) is 0 Å². The number of hydrogen-bond acceptors (Lipinski definition) is 4. The number of carbonyl (C=O) groups excluding carboxylic acids is 1. The van der Waals surface area contributed by atoms with Crippen LogP contribution in [-0.2, 0) is 4.74 Å². The lowest BCUT2D eigenvalue weighted by Gasteiger charge is -2.27. The molecule has 0 radical (unpaired) electrons. The van der Waals surface area contributed by atoms with E-state index >= 15 is 0 Å². The number of aliphatic hydroxyl groups is 1. The van der Waals surface area contributed by atoms with Gasteiger partial charge in [-0.05, 0) is 33.6 Å². The van der Waals surface area contributed by atoms with Crippen LogP contribution in [0.15, 0.2) is 0 Å². The van der Waals surface area contributed by atoms with Gasteiger partial charge in [0.05, 0.1) is 12.1 Å². The first-order valence-electron chi connectivity index (χ1n) is 6.23. The Hall–Kier alpha value is -0.810. The average molecular weight is 244 g/mol. The van der Waals surface area contributed by atoms with E-state index in [2.05, 4.69) is 5.32 Å². The molecule has 0 aromatic heterocycles. The van der Waals surface area contributed by atoms with Crippen LogP contribution >= 0.6 is 0 Å². The molecular weight excluding hydrogens is 220 g/mol. The van der Waals surface area contributed by atoms with E-state index in [4.69, 9.17) is 10.5 Å². The summed E-state index contributed by atoms with van der Waals surface area (Å²) in [4.78, 5) is 11.6. The minimum Gasteiger partial charge on any atom is -0.444 e. The highest BCUT2D eigenvalue weighted by molar-refractivity contribution is 5.68. The lowest BCUT2D eigenvalue weighted by molar-refractivity contribution is 0.0395. The molecule has 100 valence electrons. The SMILES string of the molecule is CC(C)(C)OC(=O)NC1CCCCC(N)C1O. The summed E-state index contributed by atoms with van der Waals surface area (Å²) in [6, 6.07) is -0.570. The van der Waals surface area contributed by atoms with Gasteiger partial charge in [-0.25, -0.2) is 4.79 Å². The van der Waals surface area contributed by atoms with E-state index in [1.54, 1.807) is 0 Å². The van der Waals surface area contributed by atoms with Gasteiger partial charge >= 0.3 is 6.09 Å². The number of nitrogens with two attached hydrogens (primary N) is 1. The molecule has 0 bridgehead atoms. The molecule has 0 spiro atoms. The predicted octanol–water partition coefficient (Wildman–Crippen LogP) is 1.14. The molecule has 3 atom stereocenters. The zero-order valence-corrected chi connectivity index (χ0v) is 10.9. The van der Waals surface area contributed by atoms with E-state index < -0.39 is 17.8 Å². The van der Waals surface area contributed by atoms with E-state index in [-0.39, 0.29) is 12.1 Å². The Morgan fingerprint density at radius 3 is 2.53 bits per heavy atom. The van der Waals surface area contributed by atoms with Crippen molar-refractivity contribution in [3.63, 3.8) is 0 Å². The van der Waals surface area contributed by atoms with Gasteiger partial charge in [0.25, 0.3) is 0 Å². The Labute approximate surface area is 103 Å². The molecule has 1 saturated carbocycles. The van der Waals surface area contributed by atoms with E-state index in [1.807, 2.05) is 20.8 Å². The number of amides is 1. The van der Waals surface area contributed by atoms with Gasteiger partial charge in [-0.3, -0.25) is 0 Å². The van der Waals surface area contributed by atoms with Crippen LogP contribution in [0.3, 0.4) is 0 Å². The summed E-state index contributed by atoms with van der Waals surface area (Å²) >= 11 is 0. The summed E-state index contributed by atoms with van der Waals surface area (Å²) in [6.45, 7) is 5.42. The average Bonchev–Trinajstić information content (AvgIpc) is 2.30. The van der Waals surface area contributed by atoms with Crippen LogP contribution in [0.1, 0.15) is 46.5 Å². The molecule has 3 unspecified atom stereocenters. The molecule has 1 aliphatic carbocycles. The number of hydrogen-bond donors (Lipinski definition) is 3. The summed E-state index contributed by atoms with van der Waals surface area (Å²) in [7, 11) is 0. The third-order valence-electron chi connectivity index (χ3n) is 2.86. The summed E-state index contributed by atoms with van der Waals surface area (Å²) in [6.07, 6.45) is 2.32. The summed E-state index contributed by atoms with van der Waals surface area (Å²) in [5.41, 5.74) is 5.30. The molecule has 1 rings (SSSR count). The minimum absolute atomic E-state index is 0.266. The molecule has 0 aromatic rings. The highest BCUT2D eigenvalue weighted by atomic mass is 16.6. The second-order valence-corrected chi connectivity index (χ2v) is 5.69. The highest BCUT2D eigenvalue weighted by Crippen LogP contribution is 2.18. The molecule has 0 aliphatic heterocycles. The molecule has 5 heteroatoms. The number of nitrogens with one attached hydrogen (secondary N) is 1. The fourth-order valence-corrected chi connectivity index (χ4v) is 2.00. The van der Waals surface area contributed by atoms with Crippen molar-refractivity contribution in [2.24, 2.45) is 5.73 Å². The summed E-state index contributed by atoms with van der Waals surface area (Å²) in [5, 5.41) is 12.7. The maximum Gasteiger partial charge on any atom is 0.407 e. The van der Waals surface area contributed by atoms with Gasteiger partial charge in [-0.2, -0.15) is 0 Å². The molecule has 1 aliphatic rings. The molecule has 5 nitrogen and oxygen atoms in total. The van der Waals surface area contributed by atoms with Crippen LogP contribution in [0.4, 0.5) is 4.79 Å². The molecule has 1 amide bonds. The van der Waals surface area contributed by atoms with Crippen molar-refractivity contribution in [2.45, 2.75) is 70.2 Å². The lowest BCUT2D eigenvalue weighted by Crippen LogP contribution is -2.51. The smallest absolute Gasteiger partial charge is 0.407 e. The second kappa shape index (κ2) is 5.69. The van der Waals surface area contributed by atoms with Gasteiger partial charge < -0.3 is 20.9 Å². The van der Waals surface area contributed by atoms with Gasteiger partial charge in [-0.1, -0.05) is 12.8 Å². The second-order valence-electron chi connectivity index (χ2n) is 5.69. The molecule has 0 heterocycles. The van der Waals surface area contributed by atoms with Crippen molar-refractivity contribution in [1.82, 2.24) is 5.32 Å². The third kappa shape index (κ3) is 4.91. The van der Waals surface area contributed by atoms with Crippen molar-refractivity contribution >= 4 is 6.09 Å². The quantitative estimate of drug-likeness (QED) is 0.604. The topological polar surface area (TPSA) is 84.6 Å². The van der Waals surface area contributed by atoms with Crippen molar-refractivity contribution in [1.29, 1.82) is 0 Å². The lowest BCUT2D eigenvalue weighted by atomic mass is 10.0. The van der Waals surface area contributed by atoms with Crippen molar-refractivity contribution in [3.8, 4) is 0 Å². The minimum atomic E-state index is -0.690. The predicted molar refractivity (Wildman–Crippen MR) is 65.6 cm³/mol. The molecule has 1 fully saturated rings. The standard InChI is InChI=1S/C12H24N2O3/c1-12(2,3)17-11(16)14-9-7-5-4-6-8(13)10(9)15/h8-10,15H,4-7,13H2,1-3H3,(H,14,16). The van der Waals surface area contributed by atoms with Crippen LogP contribution < -0.4 is 11.1 Å². The number of aliphatic hydroxyl groups excluding tert-OH is 1. The van der Waals surface area contributed by atoms with Gasteiger partial charge in [0.15, 0.2) is 0 Å². The number of ether oxygens (including phenoxy) is 1. The van der Waals surface area contributed by atoms with E-state index in [1.165, 1.54) is 0 Å². The normalized spacial score (nSPS) is 30.5. The molecule has 4 N–H and O–H groups in total. The Kier molecular flexibility index (Phi) is 4.77. The molecule has 0 saturated heterocycles. The fourth-order valence-electron chi connectivity index (χ4n) is 2.00. The van der Waals surface area contributed by atoms with Crippen molar-refractivity contribution < 1.29 is 14.6 Å². The van der Waals surface area contributed by atoms with Crippen molar-refractivity contribution in [2.75, 3.05) is 0 Å². The Balaban J connectivity index is 2.51. The van der Waals surface area contributed by atoms with Gasteiger partial charge in [0.1, 0.15) is 5.60 Å². The van der Waals surface area contributed by atoms with E-state index in [9.17, 15) is 9.90 Å². The van der Waals surface area contributed by atoms with Crippen LogP contribution in [-0.4, -0.2) is 35.0 Å². The fraction of sp³-hybridized carbons (Fsp3) is 0.917. The van der Waals surface area contributed by atoms with Crippen molar-refractivity contribution in [3.05, 3.63) is 0 Å². The Morgan fingerprint density at radius 1 is 1.35 bits per heavy atom. The first kappa shape index (κ1) is 14.3. The Morgan fingerprint density at radius 2 is 1.94 bits per heavy atom. The highest BCUT2D eigenvalue weighted by Gasteiger charge is 2.30. The monoisotopic (exact) mass is 244 g/mol. The number of alkyl carbamates (subject to hydrolysis) is 1. The first-order valence-corrected chi connectivity index (χ1v) is 6.23. The van der Waals surface area contributed by atoms with E-state index in [0.717, 1.165) is 25.7 Å². The van der Waals surface area contributed by atoms with Gasteiger partial charge in [0, 0.05) is 6.04 Å². The molecule has 0 aromatic carbocycles. The van der Waals surface area contributed by atoms with Crippen LogP contribution in [0, 0.1) is 0 Å². The number of carbonyl (C=O) groups is 1. The zero-order valence-electron chi connectivity index (χ0n) is 10.9. The first-order chi connectivity index (χ1) is 7.79. The largest absolute Gasteiger partial charge is 0.444 e. The van der Waals surface area contributed by atoms with Gasteiger partial charge in [-0.15, -0.1) is 0 Å².